The number of carbonyl (C=O) groups is 2. The van der Waals surface area contributed by atoms with Crippen LogP contribution in [0.1, 0.15) is 51.0 Å². The molecule has 2 amide bonds. The van der Waals surface area contributed by atoms with Gasteiger partial charge in [-0.3, -0.25) is 19.7 Å². The predicted molar refractivity (Wildman–Crippen MR) is 131 cm³/mol. The second kappa shape index (κ2) is 12.9. The molecule has 2 aromatic carbocycles. The SMILES string of the molecule is CC[C@@H](C(=O)NC1CCCCC1)N(Cc1ccc(F)cc1)C(=O)COc1ccc([N+](=O)[O-])c(OC)c1. The lowest BCUT2D eigenvalue weighted by atomic mass is 9.95. The van der Waals surface area contributed by atoms with Gasteiger partial charge < -0.3 is 19.7 Å². The van der Waals surface area contributed by atoms with Gasteiger partial charge in [0.1, 0.15) is 17.6 Å². The van der Waals surface area contributed by atoms with Crippen molar-refractivity contribution in [2.75, 3.05) is 13.7 Å². The third-order valence-corrected chi connectivity index (χ3v) is 6.31. The van der Waals surface area contributed by atoms with Crippen molar-refractivity contribution in [2.45, 2.75) is 64.1 Å². The van der Waals surface area contributed by atoms with Crippen molar-refractivity contribution in [3.63, 3.8) is 0 Å². The molecule has 0 spiro atoms. The van der Waals surface area contributed by atoms with Crippen LogP contribution in [-0.4, -0.2) is 47.4 Å². The average Bonchev–Trinajstić information content (AvgIpc) is 2.88. The average molecular weight is 502 g/mol. The Kier molecular flexibility index (Phi) is 9.61. The summed E-state index contributed by atoms with van der Waals surface area (Å²) in [6.45, 7) is 1.54. The van der Waals surface area contributed by atoms with Gasteiger partial charge in [0.25, 0.3) is 5.91 Å². The molecule has 0 radical (unpaired) electrons. The minimum atomic E-state index is -0.737. The topological polar surface area (TPSA) is 111 Å². The second-order valence-electron chi connectivity index (χ2n) is 8.80. The van der Waals surface area contributed by atoms with Gasteiger partial charge in [0.2, 0.25) is 11.7 Å². The highest BCUT2D eigenvalue weighted by molar-refractivity contribution is 5.88. The lowest BCUT2D eigenvalue weighted by Crippen LogP contribution is -2.52. The Hall–Kier alpha value is -3.69. The van der Waals surface area contributed by atoms with Crippen LogP contribution < -0.4 is 14.8 Å². The molecular weight excluding hydrogens is 469 g/mol. The molecule has 1 atom stereocenters. The number of nitrogens with one attached hydrogen (secondary N) is 1. The molecule has 194 valence electrons. The van der Waals surface area contributed by atoms with Crippen LogP contribution in [0.25, 0.3) is 0 Å². The third kappa shape index (κ3) is 7.16. The highest BCUT2D eigenvalue weighted by atomic mass is 19.1. The molecular formula is C26H32FN3O6. The van der Waals surface area contributed by atoms with E-state index in [0.29, 0.717) is 12.0 Å². The highest BCUT2D eigenvalue weighted by Crippen LogP contribution is 2.31. The smallest absolute Gasteiger partial charge is 0.311 e. The summed E-state index contributed by atoms with van der Waals surface area (Å²) in [5.74, 6) is -0.841. The van der Waals surface area contributed by atoms with Crippen LogP contribution in [0.3, 0.4) is 0 Å². The van der Waals surface area contributed by atoms with Crippen molar-refractivity contribution in [2.24, 2.45) is 0 Å². The summed E-state index contributed by atoms with van der Waals surface area (Å²) in [7, 11) is 1.30. The van der Waals surface area contributed by atoms with Crippen LogP contribution in [-0.2, 0) is 16.1 Å². The Bertz CT molecular complexity index is 1060. The molecule has 10 heteroatoms. The Morgan fingerprint density at radius 3 is 2.47 bits per heavy atom. The molecule has 1 aliphatic rings. The first-order valence-corrected chi connectivity index (χ1v) is 12.1. The highest BCUT2D eigenvalue weighted by Gasteiger charge is 2.30. The van der Waals surface area contributed by atoms with E-state index in [2.05, 4.69) is 5.32 Å². The molecule has 3 rings (SSSR count). The van der Waals surface area contributed by atoms with Crippen LogP contribution in [0, 0.1) is 15.9 Å². The van der Waals surface area contributed by atoms with E-state index in [4.69, 9.17) is 9.47 Å². The fourth-order valence-corrected chi connectivity index (χ4v) is 4.38. The maximum atomic E-state index is 13.4. The molecule has 1 aliphatic carbocycles. The number of nitro benzene ring substituents is 1. The number of hydrogen-bond donors (Lipinski definition) is 1. The number of benzene rings is 2. The number of halogens is 1. The summed E-state index contributed by atoms with van der Waals surface area (Å²) in [4.78, 5) is 38.5. The normalized spacial score (nSPS) is 14.5. The molecule has 36 heavy (non-hydrogen) atoms. The number of amides is 2. The van der Waals surface area contributed by atoms with Crippen molar-refractivity contribution >= 4 is 17.5 Å². The maximum absolute atomic E-state index is 13.4. The van der Waals surface area contributed by atoms with Crippen molar-refractivity contribution in [1.82, 2.24) is 10.2 Å². The summed E-state index contributed by atoms with van der Waals surface area (Å²) in [5, 5.41) is 14.2. The molecule has 1 fully saturated rings. The number of carbonyl (C=O) groups excluding carboxylic acids is 2. The summed E-state index contributed by atoms with van der Waals surface area (Å²) in [6.07, 6.45) is 5.50. The lowest BCUT2D eigenvalue weighted by molar-refractivity contribution is -0.385. The van der Waals surface area contributed by atoms with Gasteiger partial charge in [-0.05, 0) is 43.0 Å². The first-order valence-electron chi connectivity index (χ1n) is 12.1. The van der Waals surface area contributed by atoms with E-state index < -0.39 is 29.3 Å². The van der Waals surface area contributed by atoms with Gasteiger partial charge in [-0.1, -0.05) is 38.3 Å². The van der Waals surface area contributed by atoms with Crippen LogP contribution in [0.2, 0.25) is 0 Å². The first kappa shape index (κ1) is 26.9. The number of ether oxygens (including phenoxy) is 2. The lowest BCUT2D eigenvalue weighted by Gasteiger charge is -2.32. The van der Waals surface area contributed by atoms with Crippen LogP contribution in [0.15, 0.2) is 42.5 Å². The monoisotopic (exact) mass is 501 g/mol. The zero-order chi connectivity index (χ0) is 26.1. The molecule has 0 saturated heterocycles. The van der Waals surface area contributed by atoms with E-state index in [9.17, 15) is 24.1 Å². The molecule has 1 saturated carbocycles. The van der Waals surface area contributed by atoms with Gasteiger partial charge in [-0.2, -0.15) is 0 Å². The third-order valence-electron chi connectivity index (χ3n) is 6.31. The van der Waals surface area contributed by atoms with Gasteiger partial charge in [-0.25, -0.2) is 4.39 Å². The summed E-state index contributed by atoms with van der Waals surface area (Å²) in [5.41, 5.74) is 0.449. The standard InChI is InChI=1S/C26H32FN3O6/c1-3-22(26(32)28-20-7-5-4-6-8-20)29(16-18-9-11-19(27)12-10-18)25(31)17-36-21-13-14-23(30(33)34)24(15-21)35-2/h9-15,20,22H,3-8,16-17H2,1-2H3,(H,28,32)/t22-/m0/s1. The van der Waals surface area contributed by atoms with E-state index in [-0.39, 0.29) is 35.7 Å². The molecule has 9 nitrogen and oxygen atoms in total. The van der Waals surface area contributed by atoms with Gasteiger partial charge in [-0.15, -0.1) is 0 Å². The Morgan fingerprint density at radius 2 is 1.86 bits per heavy atom. The molecule has 0 aromatic heterocycles. The maximum Gasteiger partial charge on any atom is 0.311 e. The molecule has 2 aromatic rings. The van der Waals surface area contributed by atoms with E-state index in [1.165, 1.54) is 42.3 Å². The molecule has 0 bridgehead atoms. The summed E-state index contributed by atoms with van der Waals surface area (Å²) in [6, 6.07) is 9.07. The number of rotatable bonds is 11. The first-order chi connectivity index (χ1) is 17.3. The molecule has 0 unspecified atom stereocenters. The Morgan fingerprint density at radius 1 is 1.17 bits per heavy atom. The Balaban J connectivity index is 1.77. The van der Waals surface area contributed by atoms with E-state index in [1.54, 1.807) is 12.1 Å². The fourth-order valence-electron chi connectivity index (χ4n) is 4.38. The zero-order valence-electron chi connectivity index (χ0n) is 20.6. The van der Waals surface area contributed by atoms with E-state index >= 15 is 0 Å². The van der Waals surface area contributed by atoms with Gasteiger partial charge >= 0.3 is 5.69 Å². The van der Waals surface area contributed by atoms with Crippen molar-refractivity contribution < 1.29 is 28.4 Å². The molecule has 0 heterocycles. The quantitative estimate of drug-likeness (QED) is 0.361. The number of hydrogen-bond acceptors (Lipinski definition) is 6. The van der Waals surface area contributed by atoms with E-state index in [0.717, 1.165) is 32.1 Å². The van der Waals surface area contributed by atoms with Crippen LogP contribution >= 0.6 is 0 Å². The predicted octanol–water partition coefficient (Wildman–Crippen LogP) is 4.38. The number of methoxy groups -OCH3 is 1. The second-order valence-corrected chi connectivity index (χ2v) is 8.80. The van der Waals surface area contributed by atoms with Crippen LogP contribution in [0.5, 0.6) is 11.5 Å². The van der Waals surface area contributed by atoms with Gasteiger partial charge in [0.15, 0.2) is 6.61 Å². The van der Waals surface area contributed by atoms with E-state index in [1.807, 2.05) is 6.92 Å². The van der Waals surface area contributed by atoms with Gasteiger partial charge in [0.05, 0.1) is 12.0 Å². The number of nitrogens with zero attached hydrogens (tertiary/aromatic N) is 2. The summed E-state index contributed by atoms with van der Waals surface area (Å²) >= 11 is 0. The minimum Gasteiger partial charge on any atom is -0.490 e. The van der Waals surface area contributed by atoms with Crippen molar-refractivity contribution in [3.05, 3.63) is 64.0 Å². The van der Waals surface area contributed by atoms with Crippen LogP contribution in [0.4, 0.5) is 10.1 Å². The van der Waals surface area contributed by atoms with Crippen molar-refractivity contribution in [1.29, 1.82) is 0 Å². The summed E-state index contributed by atoms with van der Waals surface area (Å²) < 4.78 is 24.1. The fraction of sp³-hybridized carbons (Fsp3) is 0.462. The molecule has 0 aliphatic heterocycles. The van der Waals surface area contributed by atoms with Crippen molar-refractivity contribution in [3.8, 4) is 11.5 Å². The zero-order valence-corrected chi connectivity index (χ0v) is 20.6. The Labute approximate surface area is 209 Å². The molecule has 1 N–H and O–H groups in total. The minimum absolute atomic E-state index is 0.00594. The largest absolute Gasteiger partial charge is 0.490 e. The van der Waals surface area contributed by atoms with Gasteiger partial charge in [0, 0.05) is 24.7 Å². The number of nitro groups is 1.